The molecule has 0 aliphatic heterocycles. The van der Waals surface area contributed by atoms with Gasteiger partial charge in [-0.1, -0.05) is 41.8 Å². The topological polar surface area (TPSA) is 15.3 Å². The van der Waals surface area contributed by atoms with Gasteiger partial charge in [-0.25, -0.2) is 0 Å². The summed E-state index contributed by atoms with van der Waals surface area (Å²) in [6.07, 6.45) is 5.56. The molecule has 19 heavy (non-hydrogen) atoms. The van der Waals surface area contributed by atoms with Crippen LogP contribution < -0.4 is 5.32 Å². The summed E-state index contributed by atoms with van der Waals surface area (Å²) < 4.78 is 1.13. The Morgan fingerprint density at radius 1 is 1.37 bits per heavy atom. The number of nitrogens with zero attached hydrogens (tertiary/aromatic N) is 1. The number of rotatable bonds is 5. The lowest BCUT2D eigenvalue weighted by atomic mass is 9.86. The van der Waals surface area contributed by atoms with Gasteiger partial charge in [-0.3, -0.25) is 0 Å². The molecule has 2 atom stereocenters. The third-order valence-corrected chi connectivity index (χ3v) is 4.64. The summed E-state index contributed by atoms with van der Waals surface area (Å²) in [5.41, 5.74) is 1.19. The molecule has 1 saturated carbocycles. The second-order valence-electron chi connectivity index (χ2n) is 5.84. The zero-order chi connectivity index (χ0) is 13.7. The Morgan fingerprint density at radius 3 is 2.95 bits per heavy atom. The van der Waals surface area contributed by atoms with Crippen molar-refractivity contribution in [1.29, 1.82) is 0 Å². The highest BCUT2D eigenvalue weighted by Gasteiger charge is 2.21. The van der Waals surface area contributed by atoms with Crippen LogP contribution in [0.5, 0.6) is 0 Å². The first-order chi connectivity index (χ1) is 9.15. The van der Waals surface area contributed by atoms with Gasteiger partial charge >= 0.3 is 0 Å². The lowest BCUT2D eigenvalue weighted by Gasteiger charge is -2.34. The molecule has 0 spiro atoms. The third-order valence-electron chi connectivity index (χ3n) is 4.15. The predicted molar refractivity (Wildman–Crippen MR) is 86.7 cm³/mol. The van der Waals surface area contributed by atoms with E-state index in [-0.39, 0.29) is 0 Å². The largest absolute Gasteiger partial charge is 0.384 e. The molecule has 2 rings (SSSR count). The number of nitrogens with one attached hydrogen (secondary N) is 1. The van der Waals surface area contributed by atoms with Crippen LogP contribution in [0.2, 0.25) is 0 Å². The molecule has 1 fully saturated rings. The molecule has 1 aliphatic carbocycles. The Hall–Kier alpha value is -0.540. The Balaban J connectivity index is 1.73. The zero-order valence-corrected chi connectivity index (χ0v) is 13.6. The van der Waals surface area contributed by atoms with Gasteiger partial charge in [-0.05, 0) is 44.0 Å². The summed E-state index contributed by atoms with van der Waals surface area (Å²) in [5.74, 6) is 0.902. The number of hydrogen-bond donors (Lipinski definition) is 1. The lowest BCUT2D eigenvalue weighted by Crippen LogP contribution is -2.38. The van der Waals surface area contributed by atoms with Crippen LogP contribution in [0, 0.1) is 5.92 Å². The Kier molecular flexibility index (Phi) is 5.71. The van der Waals surface area contributed by atoms with Crippen LogP contribution in [0.4, 0.5) is 5.69 Å². The van der Waals surface area contributed by atoms with E-state index < -0.39 is 0 Å². The van der Waals surface area contributed by atoms with Gasteiger partial charge in [0.25, 0.3) is 0 Å². The van der Waals surface area contributed by atoms with Gasteiger partial charge in [0.2, 0.25) is 0 Å². The van der Waals surface area contributed by atoms with Crippen LogP contribution in [0.3, 0.4) is 0 Å². The summed E-state index contributed by atoms with van der Waals surface area (Å²) >= 11 is 3.50. The van der Waals surface area contributed by atoms with E-state index in [9.17, 15) is 0 Å². The normalized spacial score (nSPS) is 23.6. The maximum Gasteiger partial charge on any atom is 0.0351 e. The summed E-state index contributed by atoms with van der Waals surface area (Å²) in [6, 6.07) is 9.16. The SMILES string of the molecule is CC1CCCC(N(C)CCNc2cccc(Br)c2)C1. The van der Waals surface area contributed by atoms with E-state index in [2.05, 4.69) is 64.4 Å². The molecule has 0 bridgehead atoms. The second kappa shape index (κ2) is 7.30. The van der Waals surface area contributed by atoms with Gasteiger partial charge in [0.05, 0.1) is 0 Å². The smallest absolute Gasteiger partial charge is 0.0351 e. The highest BCUT2D eigenvalue weighted by atomic mass is 79.9. The molecule has 1 N–H and O–H groups in total. The molecule has 0 aromatic heterocycles. The second-order valence-corrected chi connectivity index (χ2v) is 6.76. The van der Waals surface area contributed by atoms with Crippen molar-refractivity contribution < 1.29 is 0 Å². The van der Waals surface area contributed by atoms with Crippen LogP contribution in [-0.4, -0.2) is 31.1 Å². The van der Waals surface area contributed by atoms with Gasteiger partial charge in [-0.2, -0.15) is 0 Å². The third kappa shape index (κ3) is 4.81. The van der Waals surface area contributed by atoms with E-state index in [0.29, 0.717) is 0 Å². The molecular formula is C16H25BrN2. The molecule has 3 heteroatoms. The quantitative estimate of drug-likeness (QED) is 0.865. The fourth-order valence-corrected chi connectivity index (χ4v) is 3.36. The van der Waals surface area contributed by atoms with E-state index in [1.165, 1.54) is 31.4 Å². The first kappa shape index (κ1) is 14.9. The van der Waals surface area contributed by atoms with Gasteiger partial charge < -0.3 is 10.2 Å². The highest BCUT2D eigenvalue weighted by molar-refractivity contribution is 9.10. The summed E-state index contributed by atoms with van der Waals surface area (Å²) in [6.45, 7) is 4.52. The van der Waals surface area contributed by atoms with Crippen molar-refractivity contribution in [1.82, 2.24) is 4.90 Å². The average molecular weight is 325 g/mol. The van der Waals surface area contributed by atoms with Gasteiger partial charge in [-0.15, -0.1) is 0 Å². The van der Waals surface area contributed by atoms with E-state index in [4.69, 9.17) is 0 Å². The van der Waals surface area contributed by atoms with Crippen LogP contribution >= 0.6 is 15.9 Å². The van der Waals surface area contributed by atoms with Gasteiger partial charge in [0.1, 0.15) is 0 Å². The van der Waals surface area contributed by atoms with E-state index in [1.807, 2.05) is 0 Å². The summed E-state index contributed by atoms with van der Waals surface area (Å²) in [7, 11) is 2.27. The molecule has 0 amide bonds. The van der Waals surface area contributed by atoms with Crippen molar-refractivity contribution in [2.75, 3.05) is 25.5 Å². The van der Waals surface area contributed by atoms with Crippen LogP contribution in [-0.2, 0) is 0 Å². The number of likely N-dealkylation sites (N-methyl/N-ethyl adjacent to an activating group) is 1. The number of anilines is 1. The first-order valence-corrected chi connectivity index (χ1v) is 8.14. The van der Waals surface area contributed by atoms with Gasteiger partial charge in [0, 0.05) is 29.3 Å². The fourth-order valence-electron chi connectivity index (χ4n) is 2.96. The maximum atomic E-state index is 3.50. The molecule has 1 aromatic rings. The van der Waals surface area contributed by atoms with Crippen LogP contribution in [0.15, 0.2) is 28.7 Å². The molecule has 0 heterocycles. The van der Waals surface area contributed by atoms with E-state index in [1.54, 1.807) is 0 Å². The molecule has 2 nitrogen and oxygen atoms in total. The molecule has 0 saturated heterocycles. The highest BCUT2D eigenvalue weighted by Crippen LogP contribution is 2.26. The Morgan fingerprint density at radius 2 is 2.21 bits per heavy atom. The summed E-state index contributed by atoms with van der Waals surface area (Å²) in [4.78, 5) is 2.53. The van der Waals surface area contributed by atoms with Crippen molar-refractivity contribution >= 4 is 21.6 Å². The number of halogens is 1. The van der Waals surface area contributed by atoms with Crippen LogP contribution in [0.1, 0.15) is 32.6 Å². The standard InChI is InChI=1S/C16H25BrN2/c1-13-5-3-8-16(11-13)19(2)10-9-18-15-7-4-6-14(17)12-15/h4,6-7,12-13,16,18H,3,5,8-11H2,1-2H3. The predicted octanol–water partition coefficient (Wildman–Crippen LogP) is 4.37. The maximum absolute atomic E-state index is 3.50. The minimum absolute atomic E-state index is 0.785. The number of benzene rings is 1. The minimum Gasteiger partial charge on any atom is -0.384 e. The average Bonchev–Trinajstić information content (AvgIpc) is 2.38. The summed E-state index contributed by atoms with van der Waals surface area (Å²) in [5, 5.41) is 3.50. The molecule has 2 unspecified atom stereocenters. The van der Waals surface area contributed by atoms with Crippen LogP contribution in [0.25, 0.3) is 0 Å². The van der Waals surface area contributed by atoms with E-state index in [0.717, 1.165) is 29.5 Å². The van der Waals surface area contributed by atoms with Gasteiger partial charge in [0.15, 0.2) is 0 Å². The zero-order valence-electron chi connectivity index (χ0n) is 12.0. The molecule has 0 radical (unpaired) electrons. The minimum atomic E-state index is 0.785. The van der Waals surface area contributed by atoms with Crippen molar-refractivity contribution in [2.24, 2.45) is 5.92 Å². The molecule has 106 valence electrons. The van der Waals surface area contributed by atoms with Crippen molar-refractivity contribution in [3.8, 4) is 0 Å². The molecule has 1 aliphatic rings. The Bertz CT molecular complexity index is 394. The number of hydrogen-bond acceptors (Lipinski definition) is 2. The fraction of sp³-hybridized carbons (Fsp3) is 0.625. The molecule has 1 aromatic carbocycles. The Labute approximate surface area is 125 Å². The van der Waals surface area contributed by atoms with E-state index >= 15 is 0 Å². The van der Waals surface area contributed by atoms with Crippen molar-refractivity contribution in [3.63, 3.8) is 0 Å². The van der Waals surface area contributed by atoms with Crippen molar-refractivity contribution in [3.05, 3.63) is 28.7 Å². The molecular weight excluding hydrogens is 300 g/mol. The lowest BCUT2D eigenvalue weighted by molar-refractivity contribution is 0.169. The monoisotopic (exact) mass is 324 g/mol. The first-order valence-electron chi connectivity index (χ1n) is 7.35. The van der Waals surface area contributed by atoms with Crippen molar-refractivity contribution in [2.45, 2.75) is 38.6 Å².